The maximum Gasteiger partial charge on any atom is 0.260 e. The topological polar surface area (TPSA) is 49.9 Å². The van der Waals surface area contributed by atoms with Crippen LogP contribution in [-0.2, 0) is 16.7 Å². The number of allylic oxidation sites excluding steroid dienone is 1. The Labute approximate surface area is 170 Å². The zero-order valence-electron chi connectivity index (χ0n) is 16.8. The number of nitrogens with zero attached hydrogens (tertiary/aromatic N) is 2. The molecule has 5 nitrogen and oxygen atoms in total. The van der Waals surface area contributed by atoms with Crippen molar-refractivity contribution in [1.29, 1.82) is 0 Å². The SMILES string of the molecule is CC1(C)C=C2c3cccc(C(=O)N4CCOCC4)c3C(=O)N2Cc2ccccc21. The summed E-state index contributed by atoms with van der Waals surface area (Å²) in [4.78, 5) is 30.3. The zero-order chi connectivity index (χ0) is 20.2. The van der Waals surface area contributed by atoms with Gasteiger partial charge in [-0.1, -0.05) is 50.2 Å². The van der Waals surface area contributed by atoms with Gasteiger partial charge in [-0.2, -0.15) is 0 Å². The normalized spacial score (nSPS) is 19.8. The molecular weight excluding hydrogens is 364 g/mol. The summed E-state index contributed by atoms with van der Waals surface area (Å²) in [6.07, 6.45) is 2.17. The van der Waals surface area contributed by atoms with Crippen molar-refractivity contribution in [2.75, 3.05) is 26.3 Å². The molecule has 29 heavy (non-hydrogen) atoms. The Morgan fingerprint density at radius 2 is 1.79 bits per heavy atom. The third-order valence-electron chi connectivity index (χ3n) is 6.16. The van der Waals surface area contributed by atoms with Gasteiger partial charge in [-0.15, -0.1) is 0 Å². The summed E-state index contributed by atoms with van der Waals surface area (Å²) in [7, 11) is 0. The second kappa shape index (κ2) is 6.56. The highest BCUT2D eigenvalue weighted by molar-refractivity contribution is 6.16. The Bertz CT molecular complexity index is 1050. The molecule has 0 aliphatic carbocycles. The van der Waals surface area contributed by atoms with Crippen LogP contribution in [0.15, 0.2) is 48.5 Å². The molecule has 3 aliphatic heterocycles. The minimum atomic E-state index is -0.215. The Morgan fingerprint density at radius 1 is 1.03 bits per heavy atom. The molecule has 0 saturated carbocycles. The van der Waals surface area contributed by atoms with Crippen molar-refractivity contribution in [3.05, 3.63) is 76.4 Å². The lowest BCUT2D eigenvalue weighted by Crippen LogP contribution is -2.41. The molecule has 148 valence electrons. The van der Waals surface area contributed by atoms with Gasteiger partial charge in [-0.05, 0) is 23.3 Å². The molecule has 3 aliphatic rings. The molecule has 2 aromatic carbocycles. The van der Waals surface area contributed by atoms with Gasteiger partial charge < -0.3 is 14.5 Å². The second-order valence-electron chi connectivity index (χ2n) is 8.43. The molecule has 0 spiro atoms. The van der Waals surface area contributed by atoms with Crippen LogP contribution >= 0.6 is 0 Å². The fourth-order valence-electron chi connectivity index (χ4n) is 4.69. The predicted molar refractivity (Wildman–Crippen MR) is 110 cm³/mol. The maximum atomic E-state index is 13.5. The standard InChI is InChI=1S/C24H24N2O3/c1-24(2)14-20-17-7-5-8-18(22(27)25-10-12-29-13-11-25)21(17)23(28)26(20)15-16-6-3-4-9-19(16)24/h3-9,14H,10-13,15H2,1-2H3. The van der Waals surface area contributed by atoms with E-state index in [1.54, 1.807) is 11.0 Å². The zero-order valence-corrected chi connectivity index (χ0v) is 16.8. The van der Waals surface area contributed by atoms with Crippen molar-refractivity contribution in [2.45, 2.75) is 25.8 Å². The van der Waals surface area contributed by atoms with E-state index in [4.69, 9.17) is 4.74 Å². The fraction of sp³-hybridized carbons (Fsp3) is 0.333. The summed E-state index contributed by atoms with van der Waals surface area (Å²) >= 11 is 0. The number of carbonyl (C=O) groups excluding carboxylic acids is 2. The Balaban J connectivity index is 1.63. The highest BCUT2D eigenvalue weighted by atomic mass is 16.5. The van der Waals surface area contributed by atoms with Crippen LogP contribution in [0.3, 0.4) is 0 Å². The van der Waals surface area contributed by atoms with Crippen molar-refractivity contribution < 1.29 is 14.3 Å². The van der Waals surface area contributed by atoms with E-state index in [2.05, 4.69) is 32.1 Å². The van der Waals surface area contributed by atoms with E-state index >= 15 is 0 Å². The average molecular weight is 388 g/mol. The minimum absolute atomic E-state index is 0.0866. The number of ether oxygens (including phenoxy) is 1. The second-order valence-corrected chi connectivity index (χ2v) is 8.43. The van der Waals surface area contributed by atoms with Crippen LogP contribution in [0, 0.1) is 0 Å². The van der Waals surface area contributed by atoms with E-state index < -0.39 is 0 Å². The highest BCUT2D eigenvalue weighted by Crippen LogP contribution is 2.43. The third kappa shape index (κ3) is 2.80. The molecule has 1 fully saturated rings. The average Bonchev–Trinajstić information content (AvgIpc) is 2.92. The van der Waals surface area contributed by atoms with Gasteiger partial charge in [0.15, 0.2) is 0 Å². The van der Waals surface area contributed by atoms with Gasteiger partial charge in [0, 0.05) is 29.8 Å². The molecule has 0 N–H and O–H groups in total. The Kier molecular flexibility index (Phi) is 4.10. The van der Waals surface area contributed by atoms with E-state index in [1.165, 1.54) is 5.56 Å². The Hall–Kier alpha value is -2.92. The lowest BCUT2D eigenvalue weighted by molar-refractivity contribution is 0.0301. The Morgan fingerprint density at radius 3 is 2.59 bits per heavy atom. The molecule has 3 heterocycles. The largest absolute Gasteiger partial charge is 0.378 e. The summed E-state index contributed by atoms with van der Waals surface area (Å²) in [6.45, 7) is 7.06. The summed E-state index contributed by atoms with van der Waals surface area (Å²) < 4.78 is 5.37. The molecule has 1 saturated heterocycles. The number of rotatable bonds is 1. The van der Waals surface area contributed by atoms with Crippen LogP contribution in [0.5, 0.6) is 0 Å². The fourth-order valence-corrected chi connectivity index (χ4v) is 4.69. The third-order valence-corrected chi connectivity index (χ3v) is 6.16. The summed E-state index contributed by atoms with van der Waals surface area (Å²) in [5, 5.41) is 0. The molecule has 2 amide bonds. The molecule has 0 bridgehead atoms. The van der Waals surface area contributed by atoms with Gasteiger partial charge in [0.2, 0.25) is 0 Å². The lowest BCUT2D eigenvalue weighted by atomic mass is 9.81. The first-order chi connectivity index (χ1) is 14.0. The van der Waals surface area contributed by atoms with Crippen LogP contribution in [0.1, 0.15) is 51.3 Å². The lowest BCUT2D eigenvalue weighted by Gasteiger charge is -2.27. The minimum Gasteiger partial charge on any atom is -0.378 e. The molecule has 0 atom stereocenters. The highest BCUT2D eigenvalue weighted by Gasteiger charge is 2.40. The van der Waals surface area contributed by atoms with Crippen molar-refractivity contribution in [3.63, 3.8) is 0 Å². The van der Waals surface area contributed by atoms with E-state index in [0.717, 1.165) is 16.8 Å². The van der Waals surface area contributed by atoms with Crippen LogP contribution in [0.25, 0.3) is 5.70 Å². The predicted octanol–water partition coefficient (Wildman–Crippen LogP) is 3.45. The first-order valence-corrected chi connectivity index (χ1v) is 10.1. The van der Waals surface area contributed by atoms with E-state index in [1.807, 2.05) is 29.2 Å². The van der Waals surface area contributed by atoms with Gasteiger partial charge in [-0.3, -0.25) is 9.59 Å². The number of carbonyl (C=O) groups is 2. The van der Waals surface area contributed by atoms with Crippen molar-refractivity contribution in [2.24, 2.45) is 0 Å². The molecule has 0 radical (unpaired) electrons. The smallest absolute Gasteiger partial charge is 0.260 e. The van der Waals surface area contributed by atoms with Gasteiger partial charge in [0.1, 0.15) is 0 Å². The van der Waals surface area contributed by atoms with Gasteiger partial charge in [-0.25, -0.2) is 0 Å². The monoisotopic (exact) mass is 388 g/mol. The first kappa shape index (κ1) is 18.1. The van der Waals surface area contributed by atoms with Gasteiger partial charge in [0.25, 0.3) is 11.8 Å². The molecule has 0 unspecified atom stereocenters. The molecule has 5 heteroatoms. The molecule has 5 rings (SSSR count). The van der Waals surface area contributed by atoms with E-state index in [-0.39, 0.29) is 17.2 Å². The van der Waals surface area contributed by atoms with E-state index in [0.29, 0.717) is 44.0 Å². The van der Waals surface area contributed by atoms with Crippen molar-refractivity contribution in [3.8, 4) is 0 Å². The van der Waals surface area contributed by atoms with Crippen molar-refractivity contribution >= 4 is 17.5 Å². The number of benzene rings is 2. The molecule has 0 aromatic heterocycles. The number of morpholine rings is 1. The summed E-state index contributed by atoms with van der Waals surface area (Å²) in [6, 6.07) is 13.9. The number of hydrogen-bond acceptors (Lipinski definition) is 3. The number of amides is 2. The van der Waals surface area contributed by atoms with Crippen molar-refractivity contribution in [1.82, 2.24) is 9.80 Å². The number of hydrogen-bond donors (Lipinski definition) is 0. The molecular formula is C24H24N2O3. The van der Waals surface area contributed by atoms with Gasteiger partial charge >= 0.3 is 0 Å². The van der Waals surface area contributed by atoms with Crippen LogP contribution in [0.4, 0.5) is 0 Å². The van der Waals surface area contributed by atoms with Crippen LogP contribution in [-0.4, -0.2) is 47.9 Å². The molecule has 2 aromatic rings. The van der Waals surface area contributed by atoms with E-state index in [9.17, 15) is 9.59 Å². The first-order valence-electron chi connectivity index (χ1n) is 10.1. The summed E-state index contributed by atoms with van der Waals surface area (Å²) in [5.74, 6) is -0.174. The maximum absolute atomic E-state index is 13.5. The number of fused-ring (bicyclic) bond motifs is 4. The van der Waals surface area contributed by atoms with Gasteiger partial charge in [0.05, 0.1) is 30.9 Å². The summed E-state index contributed by atoms with van der Waals surface area (Å²) in [5.41, 5.74) is 4.95. The quantitative estimate of drug-likeness (QED) is 0.752. The van der Waals surface area contributed by atoms with Crippen LogP contribution in [0.2, 0.25) is 0 Å². The van der Waals surface area contributed by atoms with Crippen LogP contribution < -0.4 is 0 Å².